The number of hydrogen-bond acceptors (Lipinski definition) is 4. The molecule has 1 unspecified atom stereocenters. The van der Waals surface area contributed by atoms with Crippen LogP contribution in [0, 0.1) is 0 Å². The number of hydrogen-bond donors (Lipinski definition) is 2. The van der Waals surface area contributed by atoms with Gasteiger partial charge >= 0.3 is 0 Å². The van der Waals surface area contributed by atoms with Crippen molar-refractivity contribution < 1.29 is 14.3 Å². The van der Waals surface area contributed by atoms with E-state index < -0.39 is 0 Å². The van der Waals surface area contributed by atoms with Gasteiger partial charge in [-0.1, -0.05) is 0 Å². The summed E-state index contributed by atoms with van der Waals surface area (Å²) in [5.41, 5.74) is 6.26. The third-order valence-electron chi connectivity index (χ3n) is 3.75. The van der Waals surface area contributed by atoms with E-state index in [1.54, 1.807) is 7.11 Å². The lowest BCUT2D eigenvalue weighted by molar-refractivity contribution is -0.118. The van der Waals surface area contributed by atoms with Crippen LogP contribution < -0.4 is 15.8 Å². The van der Waals surface area contributed by atoms with Crippen molar-refractivity contribution in [2.45, 2.75) is 44.3 Å². The van der Waals surface area contributed by atoms with Gasteiger partial charge in [-0.3, -0.25) is 4.79 Å². The highest BCUT2D eigenvalue weighted by Crippen LogP contribution is 2.25. The molecule has 1 saturated carbocycles. The molecule has 0 spiro atoms. The number of nitrogens with one attached hydrogen (secondary N) is 1. The number of carbonyl (C=O) groups is 1. The van der Waals surface area contributed by atoms with Crippen LogP contribution in [-0.4, -0.2) is 31.8 Å². The minimum atomic E-state index is -0.241. The molecule has 5 nitrogen and oxygen atoms in total. The van der Waals surface area contributed by atoms with E-state index in [0.717, 1.165) is 24.3 Å². The topological polar surface area (TPSA) is 73.6 Å². The molecule has 0 saturated heterocycles. The second-order valence-corrected chi connectivity index (χ2v) is 5.39. The van der Waals surface area contributed by atoms with Crippen LogP contribution >= 0.6 is 12.4 Å². The Morgan fingerprint density at radius 3 is 2.50 bits per heavy atom. The van der Waals surface area contributed by atoms with Crippen molar-refractivity contribution in [1.82, 2.24) is 0 Å². The SMILES string of the molecule is COC(CN)CC(=O)Nc1ccc(OC2CCCC2)cc1.Cl. The van der Waals surface area contributed by atoms with Gasteiger partial charge in [0.05, 0.1) is 18.6 Å². The summed E-state index contributed by atoms with van der Waals surface area (Å²) >= 11 is 0. The third kappa shape index (κ3) is 5.83. The maximum Gasteiger partial charge on any atom is 0.227 e. The summed E-state index contributed by atoms with van der Waals surface area (Å²) in [5, 5.41) is 2.83. The second-order valence-electron chi connectivity index (χ2n) is 5.39. The number of benzene rings is 1. The van der Waals surface area contributed by atoms with E-state index in [-0.39, 0.29) is 30.8 Å². The van der Waals surface area contributed by atoms with Crippen LogP contribution in [-0.2, 0) is 9.53 Å². The molecule has 0 bridgehead atoms. The number of anilines is 1. The molecular formula is C16H25ClN2O3. The van der Waals surface area contributed by atoms with Crippen molar-refractivity contribution >= 4 is 24.0 Å². The molecule has 0 aromatic heterocycles. The molecule has 124 valence electrons. The van der Waals surface area contributed by atoms with E-state index >= 15 is 0 Å². The van der Waals surface area contributed by atoms with Crippen molar-refractivity contribution in [3.05, 3.63) is 24.3 Å². The van der Waals surface area contributed by atoms with Crippen molar-refractivity contribution in [1.29, 1.82) is 0 Å². The Balaban J connectivity index is 0.00000242. The van der Waals surface area contributed by atoms with E-state index in [4.69, 9.17) is 15.2 Å². The largest absolute Gasteiger partial charge is 0.490 e. The molecule has 0 radical (unpaired) electrons. The van der Waals surface area contributed by atoms with Gasteiger partial charge in [0.25, 0.3) is 0 Å². The summed E-state index contributed by atoms with van der Waals surface area (Å²) < 4.78 is 11.0. The third-order valence-corrected chi connectivity index (χ3v) is 3.75. The molecule has 1 aromatic carbocycles. The van der Waals surface area contributed by atoms with Gasteiger partial charge in [0.15, 0.2) is 0 Å². The van der Waals surface area contributed by atoms with Crippen LogP contribution in [0.1, 0.15) is 32.1 Å². The quantitative estimate of drug-likeness (QED) is 0.807. The molecule has 1 atom stereocenters. The molecule has 0 heterocycles. The standard InChI is InChI=1S/C16H24N2O3.ClH/c1-20-15(11-17)10-16(19)18-12-6-8-14(9-7-12)21-13-4-2-3-5-13;/h6-9,13,15H,2-5,10-11,17H2,1H3,(H,18,19);1H. The van der Waals surface area contributed by atoms with Crippen molar-refractivity contribution in [2.24, 2.45) is 5.73 Å². The Labute approximate surface area is 138 Å². The summed E-state index contributed by atoms with van der Waals surface area (Å²) in [4.78, 5) is 11.8. The zero-order chi connectivity index (χ0) is 15.1. The first-order valence-corrected chi connectivity index (χ1v) is 7.50. The molecular weight excluding hydrogens is 304 g/mol. The average molecular weight is 329 g/mol. The molecule has 1 aliphatic rings. The summed E-state index contributed by atoms with van der Waals surface area (Å²) in [6.45, 7) is 0.331. The predicted octanol–water partition coefficient (Wildman–Crippen LogP) is 2.73. The number of nitrogens with two attached hydrogens (primary N) is 1. The zero-order valence-electron chi connectivity index (χ0n) is 12.9. The Kier molecular flexibility index (Phi) is 8.24. The molecule has 1 fully saturated rings. The number of rotatable bonds is 7. The number of amides is 1. The fourth-order valence-corrected chi connectivity index (χ4v) is 2.50. The van der Waals surface area contributed by atoms with Gasteiger partial charge < -0.3 is 20.5 Å². The van der Waals surface area contributed by atoms with Gasteiger partial charge in [-0.25, -0.2) is 0 Å². The highest BCUT2D eigenvalue weighted by atomic mass is 35.5. The lowest BCUT2D eigenvalue weighted by Gasteiger charge is -2.14. The van der Waals surface area contributed by atoms with Gasteiger partial charge in [-0.2, -0.15) is 0 Å². The van der Waals surface area contributed by atoms with Crippen LogP contribution in [0.25, 0.3) is 0 Å². The van der Waals surface area contributed by atoms with Crippen molar-refractivity contribution in [3.8, 4) is 5.75 Å². The van der Waals surface area contributed by atoms with Gasteiger partial charge in [-0.15, -0.1) is 12.4 Å². The minimum Gasteiger partial charge on any atom is -0.490 e. The summed E-state index contributed by atoms with van der Waals surface area (Å²) in [6, 6.07) is 7.49. The molecule has 2 rings (SSSR count). The fraction of sp³-hybridized carbons (Fsp3) is 0.562. The van der Waals surface area contributed by atoms with Crippen molar-refractivity contribution in [2.75, 3.05) is 19.0 Å². The number of ether oxygens (including phenoxy) is 2. The molecule has 1 aliphatic carbocycles. The summed E-state index contributed by atoms with van der Waals surface area (Å²) in [6.07, 6.45) is 5.13. The van der Waals surface area contributed by atoms with Crippen LogP contribution in [0.3, 0.4) is 0 Å². The Morgan fingerprint density at radius 1 is 1.32 bits per heavy atom. The summed E-state index contributed by atoms with van der Waals surface area (Å²) in [7, 11) is 1.56. The lowest BCUT2D eigenvalue weighted by Crippen LogP contribution is -2.28. The molecule has 3 N–H and O–H groups in total. The van der Waals surface area contributed by atoms with Crippen LogP contribution in [0.15, 0.2) is 24.3 Å². The number of carbonyl (C=O) groups excluding carboxylic acids is 1. The zero-order valence-corrected chi connectivity index (χ0v) is 13.7. The second kappa shape index (κ2) is 9.66. The smallest absolute Gasteiger partial charge is 0.227 e. The van der Waals surface area contributed by atoms with Crippen molar-refractivity contribution in [3.63, 3.8) is 0 Å². The van der Waals surface area contributed by atoms with E-state index in [9.17, 15) is 4.79 Å². The average Bonchev–Trinajstić information content (AvgIpc) is 3.00. The highest BCUT2D eigenvalue weighted by molar-refractivity contribution is 5.91. The monoisotopic (exact) mass is 328 g/mol. The molecule has 22 heavy (non-hydrogen) atoms. The molecule has 6 heteroatoms. The van der Waals surface area contributed by atoms with Gasteiger partial charge in [-0.05, 0) is 49.9 Å². The Hall–Kier alpha value is -1.30. The first-order chi connectivity index (χ1) is 10.2. The van der Waals surface area contributed by atoms with E-state index in [1.807, 2.05) is 24.3 Å². The van der Waals surface area contributed by atoms with E-state index in [1.165, 1.54) is 12.8 Å². The normalized spacial score (nSPS) is 15.9. The molecule has 0 aliphatic heterocycles. The van der Waals surface area contributed by atoms with Crippen LogP contribution in [0.4, 0.5) is 5.69 Å². The van der Waals surface area contributed by atoms with Crippen LogP contribution in [0.2, 0.25) is 0 Å². The van der Waals surface area contributed by atoms with E-state index in [0.29, 0.717) is 12.6 Å². The molecule has 1 aromatic rings. The maximum absolute atomic E-state index is 11.8. The summed E-state index contributed by atoms with van der Waals surface area (Å²) in [5.74, 6) is 0.758. The highest BCUT2D eigenvalue weighted by Gasteiger charge is 2.16. The fourth-order valence-electron chi connectivity index (χ4n) is 2.50. The first-order valence-electron chi connectivity index (χ1n) is 7.50. The predicted molar refractivity (Wildman–Crippen MR) is 89.7 cm³/mol. The Morgan fingerprint density at radius 2 is 1.95 bits per heavy atom. The van der Waals surface area contributed by atoms with Gasteiger partial charge in [0.1, 0.15) is 5.75 Å². The van der Waals surface area contributed by atoms with E-state index in [2.05, 4.69) is 5.32 Å². The number of methoxy groups -OCH3 is 1. The molecule has 1 amide bonds. The number of halogens is 1. The van der Waals surface area contributed by atoms with Gasteiger partial charge in [0.2, 0.25) is 5.91 Å². The van der Waals surface area contributed by atoms with Gasteiger partial charge in [0, 0.05) is 19.3 Å². The first kappa shape index (κ1) is 18.7. The lowest BCUT2D eigenvalue weighted by atomic mass is 10.2. The Bertz CT molecular complexity index is 443. The minimum absolute atomic E-state index is 0. The maximum atomic E-state index is 11.8. The van der Waals surface area contributed by atoms with Crippen LogP contribution in [0.5, 0.6) is 5.75 Å².